The van der Waals surface area contributed by atoms with Crippen LogP contribution in [0.2, 0.25) is 0 Å². The van der Waals surface area contributed by atoms with Gasteiger partial charge in [-0.2, -0.15) is 0 Å². The number of carboxylic acids is 1. The molecule has 0 radical (unpaired) electrons. The topological polar surface area (TPSA) is 116 Å². The van der Waals surface area contributed by atoms with Crippen molar-refractivity contribution < 1.29 is 24.3 Å². The Kier molecular flexibility index (Phi) is 4.85. The van der Waals surface area contributed by atoms with Crippen molar-refractivity contribution in [3.63, 3.8) is 0 Å². The minimum atomic E-state index is -0.930. The summed E-state index contributed by atoms with van der Waals surface area (Å²) in [4.78, 5) is 45.7. The van der Waals surface area contributed by atoms with Crippen molar-refractivity contribution in [2.45, 2.75) is 25.8 Å². The van der Waals surface area contributed by atoms with E-state index in [4.69, 9.17) is 5.11 Å². The number of likely N-dealkylation sites (N-methyl/N-ethyl adjacent to an activating group) is 1. The first-order valence-corrected chi connectivity index (χ1v) is 5.90. The summed E-state index contributed by atoms with van der Waals surface area (Å²) in [6.07, 6.45) is 0.245. The summed E-state index contributed by atoms with van der Waals surface area (Å²) in [5.41, 5.74) is 0. The van der Waals surface area contributed by atoms with E-state index in [9.17, 15) is 19.2 Å². The molecule has 106 valence electrons. The second kappa shape index (κ2) is 6.17. The molecule has 2 atom stereocenters. The molecule has 0 saturated carbocycles. The lowest BCUT2D eigenvalue weighted by atomic mass is 10.1. The van der Waals surface area contributed by atoms with Crippen LogP contribution in [0.1, 0.15) is 19.8 Å². The van der Waals surface area contributed by atoms with Crippen molar-refractivity contribution in [3.05, 3.63) is 0 Å². The second-order valence-electron chi connectivity index (χ2n) is 4.48. The van der Waals surface area contributed by atoms with E-state index in [1.54, 1.807) is 0 Å². The number of amides is 4. The number of urea groups is 1. The van der Waals surface area contributed by atoms with Gasteiger partial charge >= 0.3 is 12.0 Å². The molecule has 1 rings (SSSR count). The van der Waals surface area contributed by atoms with Crippen LogP contribution in [0, 0.1) is 5.92 Å². The molecule has 1 fully saturated rings. The minimum absolute atomic E-state index is 0.0473. The number of carbonyl (C=O) groups excluding carboxylic acids is 3. The molecular weight excluding hydrogens is 254 g/mol. The van der Waals surface area contributed by atoms with Crippen LogP contribution in [0.5, 0.6) is 0 Å². The summed E-state index contributed by atoms with van der Waals surface area (Å²) >= 11 is 0. The Morgan fingerprint density at radius 2 is 2.11 bits per heavy atom. The highest BCUT2D eigenvalue weighted by Crippen LogP contribution is 2.10. The zero-order chi connectivity index (χ0) is 14.6. The third-order valence-electron chi connectivity index (χ3n) is 2.97. The zero-order valence-corrected chi connectivity index (χ0v) is 10.8. The molecule has 1 heterocycles. The summed E-state index contributed by atoms with van der Waals surface area (Å²) in [5, 5.41) is 13.5. The highest BCUT2D eigenvalue weighted by Gasteiger charge is 2.36. The molecule has 1 saturated heterocycles. The van der Waals surface area contributed by atoms with E-state index in [-0.39, 0.29) is 18.9 Å². The van der Waals surface area contributed by atoms with Crippen molar-refractivity contribution in [3.8, 4) is 0 Å². The Morgan fingerprint density at radius 3 is 2.58 bits per heavy atom. The minimum Gasteiger partial charge on any atom is -0.481 e. The Balaban J connectivity index is 2.31. The maximum absolute atomic E-state index is 11.5. The van der Waals surface area contributed by atoms with Gasteiger partial charge in [-0.3, -0.25) is 19.3 Å². The Morgan fingerprint density at radius 1 is 1.47 bits per heavy atom. The van der Waals surface area contributed by atoms with E-state index in [1.807, 2.05) is 0 Å². The fraction of sp³-hybridized carbons (Fsp3) is 0.636. The van der Waals surface area contributed by atoms with Crippen LogP contribution >= 0.6 is 0 Å². The molecule has 3 N–H and O–H groups in total. The van der Waals surface area contributed by atoms with Crippen molar-refractivity contribution in [2.75, 3.05) is 13.6 Å². The van der Waals surface area contributed by atoms with E-state index < -0.39 is 29.9 Å². The molecule has 19 heavy (non-hydrogen) atoms. The smallest absolute Gasteiger partial charge is 0.315 e. The number of rotatable bonds is 5. The predicted molar refractivity (Wildman–Crippen MR) is 64.1 cm³/mol. The number of nitrogens with zero attached hydrogens (tertiary/aromatic N) is 1. The summed E-state index contributed by atoms with van der Waals surface area (Å²) in [6.45, 7) is 1.72. The maximum atomic E-state index is 11.5. The number of aliphatic carboxylic acids is 1. The van der Waals surface area contributed by atoms with Gasteiger partial charge in [-0.25, -0.2) is 4.79 Å². The first kappa shape index (κ1) is 14.9. The highest BCUT2D eigenvalue weighted by atomic mass is 16.4. The lowest BCUT2D eigenvalue weighted by Gasteiger charge is -2.12. The van der Waals surface area contributed by atoms with Gasteiger partial charge in [0.05, 0.1) is 12.3 Å². The molecule has 0 aromatic rings. The third-order valence-corrected chi connectivity index (χ3v) is 2.97. The van der Waals surface area contributed by atoms with Gasteiger partial charge in [-0.1, -0.05) is 6.92 Å². The molecule has 0 aromatic heterocycles. The lowest BCUT2D eigenvalue weighted by molar-refractivity contribution is -0.141. The van der Waals surface area contributed by atoms with Gasteiger partial charge in [0, 0.05) is 13.6 Å². The molecule has 2 unspecified atom stereocenters. The molecule has 8 nitrogen and oxygen atoms in total. The molecule has 4 amide bonds. The summed E-state index contributed by atoms with van der Waals surface area (Å²) in [5.74, 6) is -2.27. The van der Waals surface area contributed by atoms with Gasteiger partial charge in [-0.05, 0) is 6.42 Å². The SMILES string of the molecule is CC(CCNC(=O)NC1CC(=O)N(C)C1=O)C(=O)O. The van der Waals surface area contributed by atoms with Crippen molar-refractivity contribution >= 4 is 23.8 Å². The van der Waals surface area contributed by atoms with Gasteiger partial charge in [-0.15, -0.1) is 0 Å². The summed E-state index contributed by atoms with van der Waals surface area (Å²) in [7, 11) is 1.36. The van der Waals surface area contributed by atoms with E-state index in [1.165, 1.54) is 14.0 Å². The van der Waals surface area contributed by atoms with Crippen LogP contribution in [0.4, 0.5) is 4.79 Å². The largest absolute Gasteiger partial charge is 0.481 e. The standard InChI is InChI=1S/C11H17N3O5/c1-6(10(17)18)3-4-12-11(19)13-7-5-8(15)14(2)9(7)16/h6-7H,3-5H2,1-2H3,(H,17,18)(H2,12,13,19). The molecule has 0 aliphatic carbocycles. The normalized spacial score (nSPS) is 20.3. The molecule has 0 aromatic carbocycles. The number of imide groups is 1. The molecule has 1 aliphatic rings. The van der Waals surface area contributed by atoms with Gasteiger partial charge in [0.25, 0.3) is 5.91 Å². The number of hydrogen-bond acceptors (Lipinski definition) is 4. The van der Waals surface area contributed by atoms with Crippen LogP contribution in [0.3, 0.4) is 0 Å². The number of carbonyl (C=O) groups is 4. The van der Waals surface area contributed by atoms with Crippen LogP contribution in [0.25, 0.3) is 0 Å². The number of hydrogen-bond donors (Lipinski definition) is 3. The predicted octanol–water partition coefficient (Wildman–Crippen LogP) is -0.846. The van der Waals surface area contributed by atoms with E-state index in [0.717, 1.165) is 4.90 Å². The fourth-order valence-corrected chi connectivity index (χ4v) is 1.60. The molecular formula is C11H17N3O5. The Bertz CT molecular complexity index is 409. The third kappa shape index (κ3) is 3.94. The van der Waals surface area contributed by atoms with Gasteiger partial charge < -0.3 is 15.7 Å². The first-order valence-electron chi connectivity index (χ1n) is 5.90. The molecule has 0 spiro atoms. The average Bonchev–Trinajstić information content (AvgIpc) is 2.56. The van der Waals surface area contributed by atoms with E-state index >= 15 is 0 Å². The zero-order valence-electron chi connectivity index (χ0n) is 10.8. The molecule has 1 aliphatic heterocycles. The van der Waals surface area contributed by atoms with Gasteiger partial charge in [0.1, 0.15) is 6.04 Å². The second-order valence-corrected chi connectivity index (χ2v) is 4.48. The average molecular weight is 271 g/mol. The van der Waals surface area contributed by atoms with Crippen molar-refractivity contribution in [1.29, 1.82) is 0 Å². The van der Waals surface area contributed by atoms with Crippen molar-refractivity contribution in [2.24, 2.45) is 5.92 Å². The van der Waals surface area contributed by atoms with Crippen LogP contribution in [0.15, 0.2) is 0 Å². The number of likely N-dealkylation sites (tertiary alicyclic amines) is 1. The molecule has 8 heteroatoms. The van der Waals surface area contributed by atoms with E-state index in [2.05, 4.69) is 10.6 Å². The first-order chi connectivity index (χ1) is 8.82. The maximum Gasteiger partial charge on any atom is 0.315 e. The van der Waals surface area contributed by atoms with Gasteiger partial charge in [0.15, 0.2) is 0 Å². The Labute approximate surface area is 110 Å². The highest BCUT2D eigenvalue weighted by molar-refractivity contribution is 6.06. The van der Waals surface area contributed by atoms with Crippen LogP contribution < -0.4 is 10.6 Å². The fourth-order valence-electron chi connectivity index (χ4n) is 1.60. The summed E-state index contributed by atoms with van der Waals surface area (Å²) in [6, 6.07) is -1.42. The Hall–Kier alpha value is -2.12. The van der Waals surface area contributed by atoms with Crippen LogP contribution in [-0.2, 0) is 14.4 Å². The monoisotopic (exact) mass is 271 g/mol. The number of nitrogens with one attached hydrogen (secondary N) is 2. The van der Waals surface area contributed by atoms with Crippen LogP contribution in [-0.4, -0.2) is 53.5 Å². The molecule has 0 bridgehead atoms. The lowest BCUT2D eigenvalue weighted by Crippen LogP contribution is -2.46. The summed E-state index contributed by atoms with van der Waals surface area (Å²) < 4.78 is 0. The van der Waals surface area contributed by atoms with E-state index in [0.29, 0.717) is 6.42 Å². The number of carboxylic acid groups (broad SMARTS) is 1. The quantitative estimate of drug-likeness (QED) is 0.563. The van der Waals surface area contributed by atoms with Gasteiger partial charge in [0.2, 0.25) is 5.91 Å². The van der Waals surface area contributed by atoms with Crippen molar-refractivity contribution in [1.82, 2.24) is 15.5 Å².